The van der Waals surface area contributed by atoms with Gasteiger partial charge in [0.2, 0.25) is 0 Å². The molecule has 2 aliphatic rings. The summed E-state index contributed by atoms with van der Waals surface area (Å²) in [5, 5.41) is 7.26. The zero-order valence-electron chi connectivity index (χ0n) is 18.9. The van der Waals surface area contributed by atoms with Gasteiger partial charge in [-0.25, -0.2) is 9.50 Å². The predicted molar refractivity (Wildman–Crippen MR) is 122 cm³/mol. The summed E-state index contributed by atoms with van der Waals surface area (Å²) in [4.78, 5) is 33.9. The van der Waals surface area contributed by atoms with E-state index in [2.05, 4.69) is 20.3 Å². The molecule has 1 fully saturated rings. The number of hydrogen-bond acceptors (Lipinski definition) is 7. The molecule has 0 aliphatic carbocycles. The molecule has 4 heterocycles. The van der Waals surface area contributed by atoms with Crippen LogP contribution in [0.5, 0.6) is 5.75 Å². The molecule has 10 heteroatoms. The third-order valence-corrected chi connectivity index (χ3v) is 6.02. The highest BCUT2D eigenvalue weighted by Gasteiger charge is 2.43. The molecule has 5 rings (SSSR count). The molecule has 1 saturated heterocycles. The first-order valence-electron chi connectivity index (χ1n) is 10.9. The summed E-state index contributed by atoms with van der Waals surface area (Å²) in [6.07, 6.45) is 5.30. The highest BCUT2D eigenvalue weighted by Crippen LogP contribution is 2.42. The van der Waals surface area contributed by atoms with Crippen molar-refractivity contribution in [1.82, 2.24) is 19.5 Å². The fourth-order valence-corrected chi connectivity index (χ4v) is 4.42. The maximum Gasteiger partial charge on any atom is 0.266 e. The summed E-state index contributed by atoms with van der Waals surface area (Å²) in [6, 6.07) is 5.58. The molecule has 172 valence electrons. The largest absolute Gasteiger partial charge is 0.477 e. The smallest absolute Gasteiger partial charge is 0.266 e. The normalized spacial score (nSPS) is 19.8. The minimum atomic E-state index is -0.983. The Hall–Kier alpha value is -3.66. The molecule has 1 unspecified atom stereocenters. The van der Waals surface area contributed by atoms with Crippen LogP contribution in [0.15, 0.2) is 36.8 Å². The van der Waals surface area contributed by atoms with E-state index in [1.165, 1.54) is 11.1 Å². The molecule has 1 N–H and O–H groups in total. The van der Waals surface area contributed by atoms with Crippen molar-refractivity contribution in [2.24, 2.45) is 0 Å². The van der Waals surface area contributed by atoms with E-state index >= 15 is 0 Å². The molecule has 1 atom stereocenters. The van der Waals surface area contributed by atoms with Crippen LogP contribution in [0, 0.1) is 0 Å². The fourth-order valence-electron chi connectivity index (χ4n) is 4.42. The molecular weight excluding hydrogens is 424 g/mol. The molecule has 3 aromatic rings. The van der Waals surface area contributed by atoms with Crippen molar-refractivity contribution >= 4 is 28.8 Å². The quantitative estimate of drug-likeness (QED) is 0.644. The Morgan fingerprint density at radius 1 is 1.21 bits per heavy atom. The summed E-state index contributed by atoms with van der Waals surface area (Å²) in [6.45, 7) is 4.37. The Labute approximate surface area is 191 Å². The van der Waals surface area contributed by atoms with Gasteiger partial charge in [-0.3, -0.25) is 9.59 Å². The number of nitrogens with one attached hydrogen (secondary N) is 1. The predicted octanol–water partition coefficient (Wildman–Crippen LogP) is 1.60. The number of amides is 2. The number of morpholine rings is 1. The van der Waals surface area contributed by atoms with Crippen LogP contribution in [0.2, 0.25) is 0 Å². The zero-order valence-corrected chi connectivity index (χ0v) is 18.9. The van der Waals surface area contributed by atoms with Gasteiger partial charge in [0.05, 0.1) is 30.8 Å². The molecule has 2 amide bonds. The lowest BCUT2D eigenvalue weighted by Crippen LogP contribution is -2.47. The molecule has 0 radical (unpaired) electrons. The van der Waals surface area contributed by atoms with Gasteiger partial charge < -0.3 is 24.6 Å². The van der Waals surface area contributed by atoms with E-state index in [9.17, 15) is 9.59 Å². The highest BCUT2D eigenvalue weighted by atomic mass is 16.5. The van der Waals surface area contributed by atoms with E-state index in [1.54, 1.807) is 44.0 Å². The van der Waals surface area contributed by atoms with Gasteiger partial charge >= 0.3 is 0 Å². The summed E-state index contributed by atoms with van der Waals surface area (Å²) in [5.41, 5.74) is 2.24. The topological polar surface area (TPSA) is 101 Å². The van der Waals surface area contributed by atoms with Gasteiger partial charge in [0.15, 0.2) is 11.2 Å². The Bertz CT molecular complexity index is 1230. The van der Waals surface area contributed by atoms with Crippen molar-refractivity contribution in [2.45, 2.75) is 18.9 Å². The number of aromatic nitrogens is 3. The number of benzene rings is 1. The number of rotatable bonds is 4. The van der Waals surface area contributed by atoms with E-state index in [-0.39, 0.29) is 11.8 Å². The zero-order chi connectivity index (χ0) is 23.2. The Morgan fingerprint density at radius 2 is 2.00 bits per heavy atom. The van der Waals surface area contributed by atoms with Crippen LogP contribution in [0.25, 0.3) is 5.65 Å². The Morgan fingerprint density at radius 3 is 2.76 bits per heavy atom. The molecule has 0 spiro atoms. The van der Waals surface area contributed by atoms with E-state index < -0.39 is 5.60 Å². The van der Waals surface area contributed by atoms with Crippen LogP contribution in [0.1, 0.15) is 22.8 Å². The van der Waals surface area contributed by atoms with Gasteiger partial charge in [0, 0.05) is 57.6 Å². The molecule has 2 aliphatic heterocycles. The summed E-state index contributed by atoms with van der Waals surface area (Å²) >= 11 is 0. The minimum absolute atomic E-state index is 0.102. The fraction of sp³-hybridized carbons (Fsp3) is 0.391. The van der Waals surface area contributed by atoms with Crippen LogP contribution in [0.4, 0.5) is 11.4 Å². The number of fused-ring (bicyclic) bond motifs is 2. The van der Waals surface area contributed by atoms with Gasteiger partial charge in [-0.05, 0) is 19.1 Å². The van der Waals surface area contributed by atoms with E-state index in [0.717, 1.165) is 11.3 Å². The van der Waals surface area contributed by atoms with Gasteiger partial charge in [0.25, 0.3) is 11.8 Å². The lowest BCUT2D eigenvalue weighted by Gasteiger charge is -2.31. The third kappa shape index (κ3) is 3.76. The lowest BCUT2D eigenvalue weighted by atomic mass is 9.97. The number of carbonyl (C=O) groups is 2. The Balaban J connectivity index is 1.51. The van der Waals surface area contributed by atoms with Crippen molar-refractivity contribution in [3.8, 4) is 5.75 Å². The first-order valence-corrected chi connectivity index (χ1v) is 10.9. The average Bonchev–Trinajstić information content (AvgIpc) is 3.39. The van der Waals surface area contributed by atoms with Crippen LogP contribution in [0.3, 0.4) is 0 Å². The first-order chi connectivity index (χ1) is 15.9. The van der Waals surface area contributed by atoms with Crippen molar-refractivity contribution in [1.29, 1.82) is 0 Å². The summed E-state index contributed by atoms with van der Waals surface area (Å²) in [7, 11) is 3.43. The molecular formula is C23H26N6O4. The third-order valence-electron chi connectivity index (χ3n) is 6.02. The molecule has 0 saturated carbocycles. The van der Waals surface area contributed by atoms with Crippen molar-refractivity contribution in [3.63, 3.8) is 0 Å². The van der Waals surface area contributed by atoms with Crippen molar-refractivity contribution in [3.05, 3.63) is 47.9 Å². The van der Waals surface area contributed by atoms with E-state index in [0.29, 0.717) is 55.4 Å². The lowest BCUT2D eigenvalue weighted by molar-refractivity contribution is -0.142. The number of carbonyl (C=O) groups excluding carboxylic acids is 2. The van der Waals surface area contributed by atoms with Crippen molar-refractivity contribution in [2.75, 3.05) is 50.6 Å². The van der Waals surface area contributed by atoms with Crippen LogP contribution < -0.4 is 15.0 Å². The maximum absolute atomic E-state index is 13.2. The van der Waals surface area contributed by atoms with Crippen LogP contribution >= 0.6 is 0 Å². The van der Waals surface area contributed by atoms with E-state index in [4.69, 9.17) is 9.47 Å². The summed E-state index contributed by atoms with van der Waals surface area (Å²) in [5.74, 6) is 0.253. The SMILES string of the molecule is CN(C)C(=O)C1(C)Cc2cc(NC(=O)c3cnn4cccnc34)c(N3CCOCC3)cc2O1. The number of likely N-dealkylation sites (N-methyl/N-ethyl adjacent to an activating group) is 1. The van der Waals surface area contributed by atoms with Gasteiger partial charge in [-0.1, -0.05) is 0 Å². The minimum Gasteiger partial charge on any atom is -0.477 e. The Kier molecular flexibility index (Phi) is 5.16. The number of nitrogens with zero attached hydrogens (tertiary/aromatic N) is 5. The van der Waals surface area contributed by atoms with Gasteiger partial charge in [-0.15, -0.1) is 0 Å². The average molecular weight is 450 g/mol. The monoisotopic (exact) mass is 450 g/mol. The van der Waals surface area contributed by atoms with E-state index in [1.807, 2.05) is 12.1 Å². The molecule has 2 aromatic heterocycles. The molecule has 33 heavy (non-hydrogen) atoms. The second-order valence-corrected chi connectivity index (χ2v) is 8.69. The first kappa shape index (κ1) is 21.2. The van der Waals surface area contributed by atoms with Gasteiger partial charge in [0.1, 0.15) is 11.3 Å². The standard InChI is InChI=1S/C23H26N6O4/c1-23(22(31)27(2)3)13-15-11-17(18(12-19(15)33-23)28-7-9-32-10-8-28)26-21(30)16-14-25-29-6-4-5-24-20(16)29/h4-6,11-12,14H,7-10,13H2,1-3H3,(H,26,30). The number of hydrogen-bond donors (Lipinski definition) is 1. The maximum atomic E-state index is 13.2. The highest BCUT2D eigenvalue weighted by molar-refractivity contribution is 6.09. The van der Waals surface area contributed by atoms with Gasteiger partial charge in [-0.2, -0.15) is 5.10 Å². The summed E-state index contributed by atoms with van der Waals surface area (Å²) < 4.78 is 13.2. The second kappa shape index (κ2) is 8.04. The number of anilines is 2. The molecule has 10 nitrogen and oxygen atoms in total. The molecule has 1 aromatic carbocycles. The molecule has 0 bridgehead atoms. The van der Waals surface area contributed by atoms with Crippen molar-refractivity contribution < 1.29 is 19.1 Å². The van der Waals surface area contributed by atoms with Crippen LogP contribution in [-0.4, -0.2) is 77.3 Å². The second-order valence-electron chi connectivity index (χ2n) is 8.69. The number of ether oxygens (including phenoxy) is 2. The van der Waals surface area contributed by atoms with Crippen LogP contribution in [-0.2, 0) is 16.0 Å².